The van der Waals surface area contributed by atoms with E-state index in [2.05, 4.69) is 36.0 Å². The molecule has 2 rings (SSSR count). The highest BCUT2D eigenvalue weighted by Crippen LogP contribution is 2.29. The number of aromatic nitrogens is 1. The number of ether oxygens (including phenoxy) is 2. The predicted molar refractivity (Wildman–Crippen MR) is 126 cm³/mol. The van der Waals surface area contributed by atoms with Crippen LogP contribution < -0.4 is 10.1 Å². The number of halogens is 4. The predicted octanol–water partition coefficient (Wildman–Crippen LogP) is 7.37. The van der Waals surface area contributed by atoms with Crippen LogP contribution in [0.5, 0.6) is 5.75 Å². The van der Waals surface area contributed by atoms with E-state index in [1.165, 1.54) is 39.0 Å². The Bertz CT molecular complexity index is 887. The van der Waals surface area contributed by atoms with Crippen molar-refractivity contribution in [2.24, 2.45) is 5.92 Å². The lowest BCUT2D eigenvalue weighted by Crippen LogP contribution is -2.18. The number of methoxy groups -OCH3 is 1. The summed E-state index contributed by atoms with van der Waals surface area (Å²) in [5.74, 6) is -0.544. The number of carbonyl (C=O) groups excluding carboxylic acids is 1. The molecule has 1 heterocycles. The summed E-state index contributed by atoms with van der Waals surface area (Å²) < 4.78 is 61.9. The summed E-state index contributed by atoms with van der Waals surface area (Å²) in [6, 6.07) is 4.57. The van der Waals surface area contributed by atoms with Crippen molar-refractivity contribution in [2.45, 2.75) is 72.1 Å². The van der Waals surface area contributed by atoms with Crippen molar-refractivity contribution in [3.05, 3.63) is 41.3 Å². The van der Waals surface area contributed by atoms with E-state index in [1.807, 2.05) is 6.07 Å². The molecule has 1 aromatic heterocycles. The van der Waals surface area contributed by atoms with Crippen LogP contribution in [0.25, 0.3) is 0 Å². The summed E-state index contributed by atoms with van der Waals surface area (Å²) in [6.07, 6.45) is 1.14. The standard InChI is InChI=1S/C16H30N2O2.C9H6F4O2/c1-5-7-14(9-8-13(3)6-2)15-12-16(20-18-15)17-10-11-19-4;1-5(14)6-2-3-8(7(10)4-6)15-9(11,12)13/h12-14,17H,5-11H2,1-4H3;2-4H,1H3. The number of rotatable bonds is 13. The van der Waals surface area contributed by atoms with E-state index < -0.39 is 23.7 Å². The number of ketones is 1. The lowest BCUT2D eigenvalue weighted by Gasteiger charge is -2.15. The highest BCUT2D eigenvalue weighted by atomic mass is 19.4. The molecule has 35 heavy (non-hydrogen) atoms. The van der Waals surface area contributed by atoms with E-state index in [0.717, 1.165) is 36.2 Å². The molecule has 6 nitrogen and oxygen atoms in total. The maximum Gasteiger partial charge on any atom is 0.573 e. The summed E-state index contributed by atoms with van der Waals surface area (Å²) >= 11 is 0. The Labute approximate surface area is 204 Å². The molecule has 0 radical (unpaired) electrons. The molecular formula is C25H36F4N2O4. The van der Waals surface area contributed by atoms with Gasteiger partial charge >= 0.3 is 6.36 Å². The Morgan fingerprint density at radius 2 is 1.89 bits per heavy atom. The summed E-state index contributed by atoms with van der Waals surface area (Å²) in [7, 11) is 1.69. The molecule has 2 atom stereocenters. The molecule has 0 saturated carbocycles. The average molecular weight is 505 g/mol. The molecular weight excluding hydrogens is 468 g/mol. The molecule has 0 aliphatic carbocycles. The first-order chi connectivity index (χ1) is 16.5. The Kier molecular flexibility index (Phi) is 13.4. The maximum absolute atomic E-state index is 13.0. The van der Waals surface area contributed by atoms with Gasteiger partial charge in [-0.15, -0.1) is 13.2 Å². The minimum atomic E-state index is -4.95. The zero-order valence-corrected chi connectivity index (χ0v) is 21.0. The average Bonchev–Trinajstić information content (AvgIpc) is 3.26. The van der Waals surface area contributed by atoms with E-state index in [4.69, 9.17) is 9.26 Å². The van der Waals surface area contributed by atoms with Gasteiger partial charge < -0.3 is 19.3 Å². The zero-order valence-electron chi connectivity index (χ0n) is 21.0. The molecule has 1 N–H and O–H groups in total. The summed E-state index contributed by atoms with van der Waals surface area (Å²) in [4.78, 5) is 10.8. The molecule has 0 spiro atoms. The highest BCUT2D eigenvalue weighted by molar-refractivity contribution is 5.94. The van der Waals surface area contributed by atoms with Crippen LogP contribution in [-0.2, 0) is 4.74 Å². The monoisotopic (exact) mass is 504 g/mol. The lowest BCUT2D eigenvalue weighted by molar-refractivity contribution is -0.275. The Balaban J connectivity index is 0.000000365. The third-order valence-electron chi connectivity index (χ3n) is 5.46. The van der Waals surface area contributed by atoms with Crippen molar-refractivity contribution in [3.63, 3.8) is 0 Å². The molecule has 0 fully saturated rings. The van der Waals surface area contributed by atoms with E-state index in [1.54, 1.807) is 7.11 Å². The van der Waals surface area contributed by atoms with Crippen molar-refractivity contribution in [3.8, 4) is 5.75 Å². The molecule has 198 valence electrons. The molecule has 10 heteroatoms. The number of nitrogens with one attached hydrogen (secondary N) is 1. The van der Waals surface area contributed by atoms with Crippen LogP contribution in [0.3, 0.4) is 0 Å². The SMILES string of the molecule is CC(=O)c1ccc(OC(F)(F)F)c(F)c1.CCCC(CCC(C)CC)c1cc(NCCOC)on1. The van der Waals surface area contributed by atoms with Crippen LogP contribution in [0.1, 0.15) is 81.8 Å². The zero-order chi connectivity index (χ0) is 26.4. The molecule has 0 bridgehead atoms. The number of benzene rings is 1. The number of anilines is 1. The second-order valence-electron chi connectivity index (χ2n) is 8.36. The van der Waals surface area contributed by atoms with Gasteiger partial charge in [0.1, 0.15) is 0 Å². The topological polar surface area (TPSA) is 73.6 Å². The molecule has 2 unspecified atom stereocenters. The first kappa shape index (κ1) is 30.4. The Morgan fingerprint density at radius 1 is 1.17 bits per heavy atom. The van der Waals surface area contributed by atoms with Crippen LogP contribution in [0.2, 0.25) is 0 Å². The molecule has 2 aromatic rings. The summed E-state index contributed by atoms with van der Waals surface area (Å²) in [5, 5.41) is 7.42. The van der Waals surface area contributed by atoms with Gasteiger partial charge in [0.25, 0.3) is 0 Å². The first-order valence-electron chi connectivity index (χ1n) is 11.8. The van der Waals surface area contributed by atoms with Crippen molar-refractivity contribution in [1.29, 1.82) is 0 Å². The highest BCUT2D eigenvalue weighted by Gasteiger charge is 2.32. The van der Waals surface area contributed by atoms with Gasteiger partial charge in [-0.3, -0.25) is 4.79 Å². The number of carbonyl (C=O) groups is 1. The molecule has 0 amide bonds. The van der Waals surface area contributed by atoms with Crippen molar-refractivity contribution in [1.82, 2.24) is 5.16 Å². The third kappa shape index (κ3) is 12.1. The molecule has 0 saturated heterocycles. The minimum Gasteiger partial charge on any atom is -0.403 e. The number of nitrogens with zero attached hydrogens (tertiary/aromatic N) is 1. The smallest absolute Gasteiger partial charge is 0.403 e. The molecule has 0 aliphatic rings. The van der Waals surface area contributed by atoms with E-state index >= 15 is 0 Å². The van der Waals surface area contributed by atoms with Gasteiger partial charge in [0.15, 0.2) is 17.3 Å². The lowest BCUT2D eigenvalue weighted by atomic mass is 9.90. The third-order valence-corrected chi connectivity index (χ3v) is 5.46. The van der Waals surface area contributed by atoms with Crippen molar-refractivity contribution in [2.75, 3.05) is 25.6 Å². The van der Waals surface area contributed by atoms with E-state index in [9.17, 15) is 22.4 Å². The number of Topliss-reactive ketones (excluding diaryl/α,β-unsaturated/α-hetero) is 1. The Morgan fingerprint density at radius 3 is 2.43 bits per heavy atom. The van der Waals surface area contributed by atoms with Crippen LogP contribution >= 0.6 is 0 Å². The van der Waals surface area contributed by atoms with Gasteiger partial charge in [0.05, 0.1) is 12.3 Å². The number of hydrogen-bond donors (Lipinski definition) is 1. The maximum atomic E-state index is 13.0. The second-order valence-corrected chi connectivity index (χ2v) is 8.36. The van der Waals surface area contributed by atoms with Gasteiger partial charge in [-0.1, -0.05) is 45.2 Å². The fraction of sp³-hybridized carbons (Fsp3) is 0.600. The molecule has 0 aliphatic heterocycles. The molecule has 1 aromatic carbocycles. The van der Waals surface area contributed by atoms with Crippen LogP contribution in [0.15, 0.2) is 28.8 Å². The fourth-order valence-corrected chi connectivity index (χ4v) is 3.25. The van der Waals surface area contributed by atoms with Gasteiger partial charge in [-0.2, -0.15) is 0 Å². The van der Waals surface area contributed by atoms with E-state index in [-0.39, 0.29) is 5.56 Å². The second kappa shape index (κ2) is 15.4. The summed E-state index contributed by atoms with van der Waals surface area (Å²) in [5.41, 5.74) is 1.08. The largest absolute Gasteiger partial charge is 0.573 e. The van der Waals surface area contributed by atoms with Crippen LogP contribution in [0.4, 0.5) is 23.4 Å². The fourth-order valence-electron chi connectivity index (χ4n) is 3.25. The Hall–Kier alpha value is -2.62. The van der Waals surface area contributed by atoms with Crippen LogP contribution in [-0.4, -0.2) is 37.6 Å². The minimum absolute atomic E-state index is 0.0120. The first-order valence-corrected chi connectivity index (χ1v) is 11.8. The number of alkyl halides is 3. The van der Waals surface area contributed by atoms with Crippen molar-refractivity contribution >= 4 is 11.7 Å². The van der Waals surface area contributed by atoms with E-state index in [0.29, 0.717) is 18.6 Å². The normalized spacial score (nSPS) is 12.9. The summed E-state index contributed by atoms with van der Waals surface area (Å²) in [6.45, 7) is 9.41. The van der Waals surface area contributed by atoms with Crippen molar-refractivity contribution < 1.29 is 36.4 Å². The quantitative estimate of drug-likeness (QED) is 0.174. The van der Waals surface area contributed by atoms with Gasteiger partial charge in [0, 0.05) is 31.2 Å². The van der Waals surface area contributed by atoms with Gasteiger partial charge in [0.2, 0.25) is 5.88 Å². The number of hydrogen-bond acceptors (Lipinski definition) is 6. The van der Waals surface area contributed by atoms with Gasteiger partial charge in [-0.25, -0.2) is 4.39 Å². The van der Waals surface area contributed by atoms with Gasteiger partial charge in [-0.05, 0) is 43.9 Å². The van der Waals surface area contributed by atoms with Crippen LogP contribution in [0, 0.1) is 11.7 Å².